The Morgan fingerprint density at radius 2 is 2.36 bits per heavy atom. The first-order valence-electron chi connectivity index (χ1n) is 3.14. The quantitative estimate of drug-likeness (QED) is 0.558. The smallest absolute Gasteiger partial charge is 0.272 e. The predicted octanol–water partition coefficient (Wildman–Crippen LogP) is -0.343. The Bertz CT molecular complexity index is 441. The van der Waals surface area contributed by atoms with Gasteiger partial charge in [-0.15, -0.1) is 0 Å². The molecule has 0 aromatic carbocycles. The van der Waals surface area contributed by atoms with Crippen LogP contribution in [0.15, 0.2) is 17.2 Å². The number of aryl methyl sites for hydroxylation is 1. The van der Waals surface area contributed by atoms with Crippen molar-refractivity contribution in [1.29, 1.82) is 0 Å². The number of hydrogen-bond donors (Lipinski definition) is 1. The van der Waals surface area contributed by atoms with Gasteiger partial charge in [-0.2, -0.15) is 10.2 Å². The van der Waals surface area contributed by atoms with Gasteiger partial charge in [0.2, 0.25) is 0 Å². The fourth-order valence-electron chi connectivity index (χ4n) is 0.928. The van der Waals surface area contributed by atoms with Crippen molar-refractivity contribution >= 4 is 10.9 Å². The van der Waals surface area contributed by atoms with Crippen molar-refractivity contribution in [3.05, 3.63) is 22.7 Å². The number of hydrogen-bond acceptors (Lipinski definition) is 3. The molecule has 0 fully saturated rings. The highest BCUT2D eigenvalue weighted by atomic mass is 16.1. The van der Waals surface area contributed by atoms with Gasteiger partial charge in [0.25, 0.3) is 5.56 Å². The zero-order valence-electron chi connectivity index (χ0n) is 5.90. The third-order valence-corrected chi connectivity index (χ3v) is 1.55. The second kappa shape index (κ2) is 1.91. The van der Waals surface area contributed by atoms with Crippen LogP contribution in [0.5, 0.6) is 0 Å². The lowest BCUT2D eigenvalue weighted by molar-refractivity contribution is 0.716. The summed E-state index contributed by atoms with van der Waals surface area (Å²) in [4.78, 5) is 11.2. The van der Waals surface area contributed by atoms with Crippen LogP contribution in [-0.2, 0) is 7.05 Å². The largest absolute Gasteiger partial charge is 0.292 e. The van der Waals surface area contributed by atoms with Crippen LogP contribution in [0.4, 0.5) is 0 Å². The van der Waals surface area contributed by atoms with Gasteiger partial charge in [-0.3, -0.25) is 9.89 Å². The Morgan fingerprint density at radius 3 is 3.18 bits per heavy atom. The Hall–Kier alpha value is -1.65. The molecule has 0 radical (unpaired) electrons. The van der Waals surface area contributed by atoms with Gasteiger partial charge in [0.1, 0.15) is 5.52 Å². The summed E-state index contributed by atoms with van der Waals surface area (Å²) in [6.45, 7) is 0. The van der Waals surface area contributed by atoms with Crippen molar-refractivity contribution in [3.63, 3.8) is 0 Å². The minimum absolute atomic E-state index is 0.153. The first-order chi connectivity index (χ1) is 5.29. The van der Waals surface area contributed by atoms with Crippen LogP contribution in [0.1, 0.15) is 0 Å². The molecule has 0 aliphatic heterocycles. The van der Waals surface area contributed by atoms with Gasteiger partial charge < -0.3 is 0 Å². The van der Waals surface area contributed by atoms with Crippen molar-refractivity contribution in [2.24, 2.45) is 7.05 Å². The van der Waals surface area contributed by atoms with E-state index in [0.717, 1.165) is 5.39 Å². The first kappa shape index (κ1) is 6.09. The SMILES string of the molecule is Cn1ncc2cn[nH]c2c1=O. The average molecular weight is 150 g/mol. The summed E-state index contributed by atoms with van der Waals surface area (Å²) in [6.07, 6.45) is 3.17. The lowest BCUT2D eigenvalue weighted by Crippen LogP contribution is -2.18. The molecule has 5 heteroatoms. The summed E-state index contributed by atoms with van der Waals surface area (Å²) >= 11 is 0. The standard InChI is InChI=1S/C6H6N4O/c1-10-6(11)5-4(3-8-10)2-7-9-5/h2-3H,1H3,(H,7,9). The number of aromatic amines is 1. The van der Waals surface area contributed by atoms with Gasteiger partial charge in [-0.25, -0.2) is 4.68 Å². The Kier molecular flexibility index (Phi) is 1.06. The molecule has 56 valence electrons. The van der Waals surface area contributed by atoms with Crippen molar-refractivity contribution in [2.45, 2.75) is 0 Å². The maximum absolute atomic E-state index is 11.2. The highest BCUT2D eigenvalue weighted by Gasteiger charge is 2.00. The predicted molar refractivity (Wildman–Crippen MR) is 39.1 cm³/mol. The minimum Gasteiger partial charge on any atom is -0.272 e. The average Bonchev–Trinajstić information content (AvgIpc) is 2.45. The molecule has 5 nitrogen and oxygen atoms in total. The van der Waals surface area contributed by atoms with E-state index >= 15 is 0 Å². The van der Waals surface area contributed by atoms with Crippen LogP contribution >= 0.6 is 0 Å². The minimum atomic E-state index is -0.153. The van der Waals surface area contributed by atoms with Crippen LogP contribution in [0, 0.1) is 0 Å². The molecule has 0 amide bonds. The summed E-state index contributed by atoms with van der Waals surface area (Å²) in [7, 11) is 1.60. The van der Waals surface area contributed by atoms with E-state index in [1.54, 1.807) is 19.4 Å². The van der Waals surface area contributed by atoms with E-state index in [0.29, 0.717) is 5.52 Å². The zero-order valence-corrected chi connectivity index (χ0v) is 5.90. The van der Waals surface area contributed by atoms with Crippen molar-refractivity contribution in [2.75, 3.05) is 0 Å². The molecule has 0 atom stereocenters. The molecule has 2 heterocycles. The van der Waals surface area contributed by atoms with E-state index < -0.39 is 0 Å². The van der Waals surface area contributed by atoms with Crippen LogP contribution in [-0.4, -0.2) is 20.0 Å². The molecule has 0 aliphatic carbocycles. The fourth-order valence-corrected chi connectivity index (χ4v) is 0.928. The number of aromatic nitrogens is 4. The zero-order chi connectivity index (χ0) is 7.84. The van der Waals surface area contributed by atoms with Gasteiger partial charge >= 0.3 is 0 Å². The molecule has 11 heavy (non-hydrogen) atoms. The summed E-state index contributed by atoms with van der Waals surface area (Å²) < 4.78 is 1.26. The van der Waals surface area contributed by atoms with E-state index in [1.165, 1.54) is 4.68 Å². The first-order valence-corrected chi connectivity index (χ1v) is 3.14. The van der Waals surface area contributed by atoms with E-state index in [9.17, 15) is 4.79 Å². The molecule has 2 rings (SSSR count). The molecule has 0 saturated heterocycles. The van der Waals surface area contributed by atoms with Crippen molar-refractivity contribution in [1.82, 2.24) is 20.0 Å². The number of fused-ring (bicyclic) bond motifs is 1. The van der Waals surface area contributed by atoms with Crippen LogP contribution in [0.2, 0.25) is 0 Å². The van der Waals surface area contributed by atoms with E-state index in [2.05, 4.69) is 15.3 Å². The van der Waals surface area contributed by atoms with Gasteiger partial charge in [0.15, 0.2) is 0 Å². The molecular weight excluding hydrogens is 144 g/mol. The molecule has 0 unspecified atom stereocenters. The lowest BCUT2D eigenvalue weighted by atomic mass is 10.4. The monoisotopic (exact) mass is 150 g/mol. The number of nitrogens with one attached hydrogen (secondary N) is 1. The highest BCUT2D eigenvalue weighted by Crippen LogP contribution is 2.00. The molecule has 0 aliphatic rings. The molecular formula is C6H6N4O. The second-order valence-corrected chi connectivity index (χ2v) is 2.27. The molecule has 0 saturated carbocycles. The highest BCUT2D eigenvalue weighted by molar-refractivity contribution is 5.75. The maximum Gasteiger partial charge on any atom is 0.292 e. The van der Waals surface area contributed by atoms with E-state index in [4.69, 9.17) is 0 Å². The Morgan fingerprint density at radius 1 is 1.55 bits per heavy atom. The second-order valence-electron chi connectivity index (χ2n) is 2.27. The third kappa shape index (κ3) is 0.739. The van der Waals surface area contributed by atoms with Gasteiger partial charge in [0.05, 0.1) is 12.4 Å². The van der Waals surface area contributed by atoms with Gasteiger partial charge in [0, 0.05) is 12.4 Å². The molecule has 0 spiro atoms. The van der Waals surface area contributed by atoms with Crippen LogP contribution in [0.3, 0.4) is 0 Å². The van der Waals surface area contributed by atoms with E-state index in [-0.39, 0.29) is 5.56 Å². The van der Waals surface area contributed by atoms with E-state index in [1.807, 2.05) is 0 Å². The third-order valence-electron chi connectivity index (χ3n) is 1.55. The van der Waals surface area contributed by atoms with Crippen molar-refractivity contribution in [3.8, 4) is 0 Å². The molecule has 0 bridgehead atoms. The van der Waals surface area contributed by atoms with Crippen LogP contribution in [0.25, 0.3) is 10.9 Å². The van der Waals surface area contributed by atoms with Crippen molar-refractivity contribution < 1.29 is 0 Å². The summed E-state index contributed by atoms with van der Waals surface area (Å²) in [5, 5.41) is 10.9. The molecule has 2 aromatic rings. The summed E-state index contributed by atoms with van der Waals surface area (Å²) in [6, 6.07) is 0. The normalized spacial score (nSPS) is 10.6. The topological polar surface area (TPSA) is 63.6 Å². The van der Waals surface area contributed by atoms with Gasteiger partial charge in [-0.1, -0.05) is 0 Å². The maximum atomic E-state index is 11.2. The number of nitrogens with zero attached hydrogens (tertiary/aromatic N) is 3. The molecule has 1 N–H and O–H groups in total. The van der Waals surface area contributed by atoms with Gasteiger partial charge in [-0.05, 0) is 0 Å². The van der Waals surface area contributed by atoms with Crippen LogP contribution < -0.4 is 5.56 Å². The summed E-state index contributed by atoms with van der Waals surface area (Å²) in [5.41, 5.74) is 0.350. The molecule has 2 aromatic heterocycles. The number of rotatable bonds is 0. The fraction of sp³-hybridized carbons (Fsp3) is 0.167. The lowest BCUT2D eigenvalue weighted by Gasteiger charge is -1.92. The Labute approximate surface area is 61.7 Å². The number of H-pyrrole nitrogens is 1. The Balaban J connectivity index is 3.05. The summed E-state index contributed by atoms with van der Waals surface area (Å²) in [5.74, 6) is 0.